The lowest BCUT2D eigenvalue weighted by atomic mass is 10.0. The molecule has 1 heterocycles. The summed E-state index contributed by atoms with van der Waals surface area (Å²) in [5.41, 5.74) is 3.13. The second-order valence-electron chi connectivity index (χ2n) is 4.26. The number of rotatable bonds is 4. The van der Waals surface area contributed by atoms with Crippen LogP contribution in [0, 0.1) is 0 Å². The molecule has 0 unspecified atom stereocenters. The topological polar surface area (TPSA) is 38.3 Å². The van der Waals surface area contributed by atoms with Crippen molar-refractivity contribution in [2.45, 2.75) is 12.8 Å². The van der Waals surface area contributed by atoms with E-state index in [0.717, 1.165) is 19.4 Å². The zero-order chi connectivity index (χ0) is 12.8. The fraction of sp³-hybridized carbons (Fsp3) is 0.267. The van der Waals surface area contributed by atoms with Crippen molar-refractivity contribution < 1.29 is 9.53 Å². The van der Waals surface area contributed by atoms with Crippen LogP contribution >= 0.6 is 0 Å². The van der Waals surface area contributed by atoms with Gasteiger partial charge in [0.05, 0.1) is 12.7 Å². The minimum absolute atomic E-state index is 0.292. The summed E-state index contributed by atoms with van der Waals surface area (Å²) in [4.78, 5) is 11.4. The Bertz CT molecular complexity index is 475. The van der Waals surface area contributed by atoms with E-state index < -0.39 is 0 Å². The van der Waals surface area contributed by atoms with E-state index in [9.17, 15) is 4.79 Å². The first-order valence-electron chi connectivity index (χ1n) is 6.05. The number of esters is 1. The molecule has 94 valence electrons. The molecule has 0 fully saturated rings. The second kappa shape index (κ2) is 6.05. The van der Waals surface area contributed by atoms with Crippen LogP contribution in [-0.2, 0) is 16.0 Å². The summed E-state index contributed by atoms with van der Waals surface area (Å²) >= 11 is 0. The van der Waals surface area contributed by atoms with Crippen molar-refractivity contribution in [1.82, 2.24) is 5.32 Å². The molecular formula is C15H17NO2. The number of dihydropyridines is 1. The smallest absolute Gasteiger partial charge is 0.339 e. The van der Waals surface area contributed by atoms with Crippen LogP contribution in [0.5, 0.6) is 0 Å². The van der Waals surface area contributed by atoms with Gasteiger partial charge in [0.25, 0.3) is 0 Å². The van der Waals surface area contributed by atoms with Crippen molar-refractivity contribution in [3.8, 4) is 0 Å². The molecule has 0 aliphatic carbocycles. The summed E-state index contributed by atoms with van der Waals surface area (Å²) < 4.78 is 4.71. The molecule has 1 aliphatic heterocycles. The Morgan fingerprint density at radius 1 is 1.28 bits per heavy atom. The Morgan fingerprint density at radius 3 is 2.78 bits per heavy atom. The van der Waals surface area contributed by atoms with E-state index in [1.165, 1.54) is 18.2 Å². The molecule has 2 rings (SSSR count). The normalized spacial score (nSPS) is 14.3. The minimum atomic E-state index is -0.292. The summed E-state index contributed by atoms with van der Waals surface area (Å²) in [6.45, 7) is 0.799. The van der Waals surface area contributed by atoms with Crippen molar-refractivity contribution in [2.24, 2.45) is 0 Å². The molecule has 1 aromatic rings. The molecule has 0 radical (unpaired) electrons. The highest BCUT2D eigenvalue weighted by Gasteiger charge is 2.12. The number of hydrogen-bond donors (Lipinski definition) is 1. The Labute approximate surface area is 107 Å². The second-order valence-corrected chi connectivity index (χ2v) is 4.26. The average molecular weight is 243 g/mol. The van der Waals surface area contributed by atoms with Gasteiger partial charge in [0.1, 0.15) is 0 Å². The van der Waals surface area contributed by atoms with Gasteiger partial charge in [-0.1, -0.05) is 30.3 Å². The van der Waals surface area contributed by atoms with Crippen LogP contribution < -0.4 is 5.32 Å². The molecular weight excluding hydrogens is 226 g/mol. The van der Waals surface area contributed by atoms with Gasteiger partial charge in [0, 0.05) is 12.7 Å². The number of benzene rings is 1. The van der Waals surface area contributed by atoms with E-state index in [1.807, 2.05) is 24.3 Å². The fourth-order valence-corrected chi connectivity index (χ4v) is 1.95. The molecule has 0 saturated heterocycles. The quantitative estimate of drug-likeness (QED) is 0.824. The highest BCUT2D eigenvalue weighted by molar-refractivity contribution is 5.91. The molecule has 0 aromatic heterocycles. The fourth-order valence-electron chi connectivity index (χ4n) is 1.95. The summed E-state index contributed by atoms with van der Waals surface area (Å²) in [5.74, 6) is -0.292. The highest BCUT2D eigenvalue weighted by Crippen LogP contribution is 2.14. The molecule has 18 heavy (non-hydrogen) atoms. The number of aryl methyl sites for hydroxylation is 1. The summed E-state index contributed by atoms with van der Waals surface area (Å²) in [7, 11) is 1.40. The standard InChI is InChI=1S/C15H17NO2/c1-18-15(17)14-9-13(10-16-11-14)8-7-12-5-3-2-4-6-12/h2-6,9,11,16H,7-8,10H2,1H3. The SMILES string of the molecule is COC(=O)C1=CNCC(CCc2ccccc2)=C1. The first-order chi connectivity index (χ1) is 8.79. The van der Waals surface area contributed by atoms with Crippen molar-refractivity contribution in [1.29, 1.82) is 0 Å². The third-order valence-corrected chi connectivity index (χ3v) is 2.95. The van der Waals surface area contributed by atoms with Gasteiger partial charge in [-0.3, -0.25) is 0 Å². The van der Waals surface area contributed by atoms with Crippen molar-refractivity contribution in [2.75, 3.05) is 13.7 Å². The molecule has 0 bridgehead atoms. The Morgan fingerprint density at radius 2 is 2.06 bits per heavy atom. The first kappa shape index (κ1) is 12.4. The maximum atomic E-state index is 11.4. The lowest BCUT2D eigenvalue weighted by Gasteiger charge is -2.14. The van der Waals surface area contributed by atoms with Crippen LogP contribution in [0.2, 0.25) is 0 Å². The van der Waals surface area contributed by atoms with Crippen LogP contribution in [0.25, 0.3) is 0 Å². The van der Waals surface area contributed by atoms with Crippen LogP contribution in [0.15, 0.2) is 53.8 Å². The van der Waals surface area contributed by atoms with Gasteiger partial charge in [0.15, 0.2) is 0 Å². The predicted octanol–water partition coefficient (Wildman–Crippen LogP) is 2.21. The molecule has 0 atom stereocenters. The number of ether oxygens (including phenoxy) is 1. The van der Waals surface area contributed by atoms with Crippen LogP contribution in [0.1, 0.15) is 12.0 Å². The lowest BCUT2D eigenvalue weighted by molar-refractivity contribution is -0.135. The van der Waals surface area contributed by atoms with Gasteiger partial charge in [-0.05, 0) is 30.1 Å². The third-order valence-electron chi connectivity index (χ3n) is 2.95. The van der Waals surface area contributed by atoms with E-state index in [0.29, 0.717) is 5.57 Å². The number of nitrogens with one attached hydrogen (secondary N) is 1. The van der Waals surface area contributed by atoms with Crippen LogP contribution in [0.3, 0.4) is 0 Å². The number of hydrogen-bond acceptors (Lipinski definition) is 3. The van der Waals surface area contributed by atoms with Gasteiger partial charge in [0.2, 0.25) is 0 Å². The molecule has 0 amide bonds. The van der Waals surface area contributed by atoms with E-state index in [4.69, 9.17) is 4.74 Å². The monoisotopic (exact) mass is 243 g/mol. The van der Waals surface area contributed by atoms with E-state index >= 15 is 0 Å². The maximum Gasteiger partial charge on any atom is 0.339 e. The van der Waals surface area contributed by atoms with Gasteiger partial charge in [-0.25, -0.2) is 4.79 Å². The molecule has 3 heteroatoms. The van der Waals surface area contributed by atoms with E-state index in [1.54, 1.807) is 6.20 Å². The average Bonchev–Trinajstić information content (AvgIpc) is 2.45. The van der Waals surface area contributed by atoms with E-state index in [2.05, 4.69) is 17.4 Å². The van der Waals surface area contributed by atoms with Crippen LogP contribution in [-0.4, -0.2) is 19.6 Å². The highest BCUT2D eigenvalue weighted by atomic mass is 16.5. The molecule has 0 saturated carbocycles. The zero-order valence-electron chi connectivity index (χ0n) is 10.5. The van der Waals surface area contributed by atoms with Gasteiger partial charge in [-0.2, -0.15) is 0 Å². The maximum absolute atomic E-state index is 11.4. The van der Waals surface area contributed by atoms with Crippen molar-refractivity contribution in [3.05, 3.63) is 59.3 Å². The molecule has 0 spiro atoms. The summed E-state index contributed by atoms with van der Waals surface area (Å²) in [6.07, 6.45) is 5.57. The summed E-state index contributed by atoms with van der Waals surface area (Å²) in [5, 5.41) is 3.11. The Kier molecular flexibility index (Phi) is 4.18. The third kappa shape index (κ3) is 3.23. The van der Waals surface area contributed by atoms with Gasteiger partial charge >= 0.3 is 5.97 Å². The van der Waals surface area contributed by atoms with E-state index in [-0.39, 0.29) is 5.97 Å². The molecule has 1 N–H and O–H groups in total. The molecule has 3 nitrogen and oxygen atoms in total. The number of methoxy groups -OCH3 is 1. The number of carbonyl (C=O) groups excluding carboxylic acids is 1. The largest absolute Gasteiger partial charge is 0.465 e. The van der Waals surface area contributed by atoms with Crippen LogP contribution in [0.4, 0.5) is 0 Å². The first-order valence-corrected chi connectivity index (χ1v) is 6.05. The van der Waals surface area contributed by atoms with Crippen molar-refractivity contribution in [3.63, 3.8) is 0 Å². The van der Waals surface area contributed by atoms with Crippen molar-refractivity contribution >= 4 is 5.97 Å². The molecule has 1 aromatic carbocycles. The predicted molar refractivity (Wildman–Crippen MR) is 70.9 cm³/mol. The minimum Gasteiger partial charge on any atom is -0.465 e. The van der Waals surface area contributed by atoms with Gasteiger partial charge in [-0.15, -0.1) is 0 Å². The Hall–Kier alpha value is -2.03. The van der Waals surface area contributed by atoms with Gasteiger partial charge < -0.3 is 10.1 Å². The lowest BCUT2D eigenvalue weighted by Crippen LogP contribution is -2.19. The molecule has 1 aliphatic rings. The Balaban J connectivity index is 1.96. The zero-order valence-corrected chi connectivity index (χ0v) is 10.5. The summed E-state index contributed by atoms with van der Waals surface area (Å²) in [6, 6.07) is 10.3. The number of carbonyl (C=O) groups is 1.